The van der Waals surface area contributed by atoms with Gasteiger partial charge in [0.1, 0.15) is 5.69 Å². The number of amides is 2. The second-order valence-electron chi connectivity index (χ2n) is 6.41. The summed E-state index contributed by atoms with van der Waals surface area (Å²) in [4.78, 5) is 29.6. The fourth-order valence-corrected chi connectivity index (χ4v) is 3.07. The maximum atomic E-state index is 12.9. The van der Waals surface area contributed by atoms with Crippen molar-refractivity contribution in [3.63, 3.8) is 0 Å². The molecule has 11 heteroatoms. The lowest BCUT2D eigenvalue weighted by Crippen LogP contribution is -2.59. The third-order valence-corrected chi connectivity index (χ3v) is 4.51. The number of alkyl halides is 3. The van der Waals surface area contributed by atoms with Crippen molar-refractivity contribution in [1.82, 2.24) is 19.9 Å². The molecule has 3 rings (SSSR count). The monoisotopic (exact) mass is 408 g/mol. The highest BCUT2D eigenvalue weighted by Crippen LogP contribution is 2.30. The Morgan fingerprint density at radius 1 is 1.10 bits per heavy atom. The van der Waals surface area contributed by atoms with E-state index in [0.29, 0.717) is 5.69 Å². The lowest BCUT2D eigenvalue weighted by atomic mass is 10.1. The maximum Gasteiger partial charge on any atom is 0.416 e. The number of guanidine groups is 1. The SMILES string of the molecule is N=C(N)N(C(=O)c1cccc(C(F)(F)F)c1)N1CCN(C(=O)c2ccc[nH]2)CC1. The number of carbonyl (C=O) groups excluding carboxylic acids is 2. The van der Waals surface area contributed by atoms with Crippen LogP contribution in [-0.4, -0.2) is 63.9 Å². The maximum absolute atomic E-state index is 12.9. The second kappa shape index (κ2) is 7.95. The number of carbonyl (C=O) groups is 2. The van der Waals surface area contributed by atoms with Crippen LogP contribution in [0.3, 0.4) is 0 Å². The van der Waals surface area contributed by atoms with Crippen molar-refractivity contribution in [2.45, 2.75) is 6.18 Å². The van der Waals surface area contributed by atoms with Gasteiger partial charge in [-0.2, -0.15) is 13.2 Å². The van der Waals surface area contributed by atoms with Gasteiger partial charge in [-0.25, -0.2) is 10.0 Å². The number of nitrogens with zero attached hydrogens (tertiary/aromatic N) is 3. The normalized spacial score (nSPS) is 15.2. The molecule has 0 saturated carbocycles. The molecule has 1 fully saturated rings. The Balaban J connectivity index is 1.73. The summed E-state index contributed by atoms with van der Waals surface area (Å²) < 4.78 is 38.8. The Labute approximate surface area is 164 Å². The molecule has 0 radical (unpaired) electrons. The fourth-order valence-electron chi connectivity index (χ4n) is 3.07. The fraction of sp³-hybridized carbons (Fsp3) is 0.278. The van der Waals surface area contributed by atoms with Crippen LogP contribution in [0, 0.1) is 5.41 Å². The molecule has 1 aliphatic heterocycles. The largest absolute Gasteiger partial charge is 0.416 e. The average molecular weight is 408 g/mol. The first-order valence-electron chi connectivity index (χ1n) is 8.71. The first-order valence-corrected chi connectivity index (χ1v) is 8.71. The van der Waals surface area contributed by atoms with E-state index in [0.717, 1.165) is 23.2 Å². The van der Waals surface area contributed by atoms with E-state index < -0.39 is 23.6 Å². The van der Waals surface area contributed by atoms with Gasteiger partial charge < -0.3 is 15.6 Å². The zero-order valence-corrected chi connectivity index (χ0v) is 15.2. The summed E-state index contributed by atoms with van der Waals surface area (Å²) in [6, 6.07) is 7.30. The molecule has 1 aromatic carbocycles. The van der Waals surface area contributed by atoms with Gasteiger partial charge in [-0.05, 0) is 30.3 Å². The molecule has 8 nitrogen and oxygen atoms in total. The molecular formula is C18H19F3N6O2. The molecule has 154 valence electrons. The number of hydrogen-bond acceptors (Lipinski definition) is 4. The highest BCUT2D eigenvalue weighted by atomic mass is 19.4. The predicted octanol–water partition coefficient (Wildman–Crippen LogP) is 1.74. The highest BCUT2D eigenvalue weighted by molar-refractivity contribution is 6.04. The number of nitrogens with two attached hydrogens (primary N) is 1. The number of hydrazine groups is 1. The summed E-state index contributed by atoms with van der Waals surface area (Å²) >= 11 is 0. The van der Waals surface area contributed by atoms with Crippen LogP contribution in [0.2, 0.25) is 0 Å². The van der Waals surface area contributed by atoms with E-state index in [-0.39, 0.29) is 37.6 Å². The molecular weight excluding hydrogens is 389 g/mol. The number of hydrogen-bond donors (Lipinski definition) is 3. The van der Waals surface area contributed by atoms with Gasteiger partial charge in [0.2, 0.25) is 5.96 Å². The van der Waals surface area contributed by atoms with Gasteiger partial charge in [-0.15, -0.1) is 0 Å². The van der Waals surface area contributed by atoms with Crippen molar-refractivity contribution < 1.29 is 22.8 Å². The summed E-state index contributed by atoms with van der Waals surface area (Å²) in [5.74, 6) is -1.66. The minimum absolute atomic E-state index is 0.191. The lowest BCUT2D eigenvalue weighted by Gasteiger charge is -2.39. The molecule has 2 aromatic rings. The molecule has 4 N–H and O–H groups in total. The Morgan fingerprint density at radius 2 is 1.79 bits per heavy atom. The zero-order chi connectivity index (χ0) is 21.2. The van der Waals surface area contributed by atoms with E-state index in [4.69, 9.17) is 11.1 Å². The number of aromatic nitrogens is 1. The number of H-pyrrole nitrogens is 1. The third-order valence-electron chi connectivity index (χ3n) is 4.51. The van der Waals surface area contributed by atoms with E-state index in [1.165, 1.54) is 11.1 Å². The van der Waals surface area contributed by atoms with E-state index in [1.54, 1.807) is 23.2 Å². The number of aromatic amines is 1. The second-order valence-corrected chi connectivity index (χ2v) is 6.41. The molecule has 0 bridgehead atoms. The van der Waals surface area contributed by atoms with Crippen molar-refractivity contribution in [2.75, 3.05) is 26.2 Å². The lowest BCUT2D eigenvalue weighted by molar-refractivity contribution is -0.137. The zero-order valence-electron chi connectivity index (χ0n) is 15.2. The molecule has 2 heterocycles. The van der Waals surface area contributed by atoms with Gasteiger partial charge in [0.15, 0.2) is 0 Å². The van der Waals surface area contributed by atoms with Crippen LogP contribution in [0.4, 0.5) is 13.2 Å². The molecule has 1 aromatic heterocycles. The van der Waals surface area contributed by atoms with Crippen LogP contribution >= 0.6 is 0 Å². The Hall–Kier alpha value is -3.34. The summed E-state index contributed by atoms with van der Waals surface area (Å²) in [7, 11) is 0. The first-order chi connectivity index (χ1) is 13.7. The van der Waals surface area contributed by atoms with Gasteiger partial charge >= 0.3 is 6.18 Å². The van der Waals surface area contributed by atoms with Gasteiger partial charge in [0.05, 0.1) is 5.56 Å². The van der Waals surface area contributed by atoms with Crippen LogP contribution in [0.5, 0.6) is 0 Å². The van der Waals surface area contributed by atoms with Crippen LogP contribution in [0.25, 0.3) is 0 Å². The Bertz CT molecular complexity index is 905. The number of nitrogens with one attached hydrogen (secondary N) is 2. The first kappa shape index (κ1) is 20.4. The summed E-state index contributed by atoms with van der Waals surface area (Å²) in [5, 5.41) is 10.0. The smallest absolute Gasteiger partial charge is 0.369 e. The van der Waals surface area contributed by atoms with E-state index in [1.807, 2.05) is 0 Å². The Kier molecular flexibility index (Phi) is 5.59. The van der Waals surface area contributed by atoms with Crippen molar-refractivity contribution in [2.24, 2.45) is 5.73 Å². The van der Waals surface area contributed by atoms with Crippen LogP contribution in [0.1, 0.15) is 26.4 Å². The Morgan fingerprint density at radius 3 is 2.34 bits per heavy atom. The topological polar surface area (TPSA) is 110 Å². The quantitative estimate of drug-likeness (QED) is 0.531. The third kappa shape index (κ3) is 4.40. The summed E-state index contributed by atoms with van der Waals surface area (Å²) in [5.41, 5.74) is 4.77. The minimum Gasteiger partial charge on any atom is -0.369 e. The molecule has 29 heavy (non-hydrogen) atoms. The van der Waals surface area contributed by atoms with E-state index >= 15 is 0 Å². The number of halogens is 3. The molecule has 0 aliphatic carbocycles. The van der Waals surface area contributed by atoms with Crippen molar-refractivity contribution in [1.29, 1.82) is 5.41 Å². The molecule has 2 amide bonds. The van der Waals surface area contributed by atoms with Crippen molar-refractivity contribution in [3.8, 4) is 0 Å². The van der Waals surface area contributed by atoms with Gasteiger partial charge in [-0.1, -0.05) is 6.07 Å². The molecule has 0 spiro atoms. The minimum atomic E-state index is -4.60. The van der Waals surface area contributed by atoms with Gasteiger partial charge in [0, 0.05) is 37.9 Å². The van der Waals surface area contributed by atoms with Crippen LogP contribution in [0.15, 0.2) is 42.6 Å². The summed E-state index contributed by atoms with van der Waals surface area (Å²) in [6.07, 6.45) is -2.96. The van der Waals surface area contributed by atoms with Crippen LogP contribution < -0.4 is 5.73 Å². The highest BCUT2D eigenvalue weighted by Gasteiger charge is 2.34. The average Bonchev–Trinajstić information content (AvgIpc) is 3.22. The molecule has 1 saturated heterocycles. The summed E-state index contributed by atoms with van der Waals surface area (Å²) in [6.45, 7) is 0.905. The van der Waals surface area contributed by atoms with E-state index in [2.05, 4.69) is 4.98 Å². The number of piperazine rings is 1. The molecule has 0 unspecified atom stereocenters. The predicted molar refractivity (Wildman–Crippen MR) is 97.8 cm³/mol. The van der Waals surface area contributed by atoms with Gasteiger partial charge in [0.25, 0.3) is 11.8 Å². The van der Waals surface area contributed by atoms with E-state index in [9.17, 15) is 22.8 Å². The van der Waals surface area contributed by atoms with Gasteiger partial charge in [-0.3, -0.25) is 15.0 Å². The molecule has 1 aliphatic rings. The molecule has 0 atom stereocenters. The van der Waals surface area contributed by atoms with Crippen LogP contribution in [-0.2, 0) is 6.18 Å². The van der Waals surface area contributed by atoms with Crippen molar-refractivity contribution in [3.05, 3.63) is 59.4 Å². The standard InChI is InChI=1S/C18H19F3N6O2/c19-18(20,21)13-4-1-3-12(11-13)15(28)27(17(22)23)26-9-7-25(8-10-26)16(29)14-5-2-6-24-14/h1-6,11,24H,7-10H2,(H3,22,23). The number of benzene rings is 1. The number of rotatable bonds is 3. The van der Waals surface area contributed by atoms with Crippen molar-refractivity contribution >= 4 is 17.8 Å².